The number of rotatable bonds is 5. The molecule has 0 saturated heterocycles. The molecule has 1 aromatic carbocycles. The van der Waals surface area contributed by atoms with Gasteiger partial charge in [0.2, 0.25) is 10.0 Å². The smallest absolute Gasteiger partial charge is 0.207 e. The van der Waals surface area contributed by atoms with E-state index in [2.05, 4.69) is 4.72 Å². The summed E-state index contributed by atoms with van der Waals surface area (Å²) in [5.74, 6) is -2.18. The third kappa shape index (κ3) is 3.62. The molecule has 0 aliphatic carbocycles. The lowest BCUT2D eigenvalue weighted by atomic mass is 10.3. The Balaban J connectivity index is 3.01. The van der Waals surface area contributed by atoms with Gasteiger partial charge in [0.15, 0.2) is 11.6 Å². The maximum atomic E-state index is 12.9. The van der Waals surface area contributed by atoms with Crippen LogP contribution in [0.3, 0.4) is 0 Å². The van der Waals surface area contributed by atoms with Crippen LogP contribution in [0.5, 0.6) is 0 Å². The molecule has 96 valence electrons. The van der Waals surface area contributed by atoms with E-state index in [0.29, 0.717) is 12.5 Å². The van der Waals surface area contributed by atoms with Crippen molar-refractivity contribution in [1.29, 1.82) is 0 Å². The molecule has 1 N–H and O–H groups in total. The first kappa shape index (κ1) is 14.3. The van der Waals surface area contributed by atoms with Gasteiger partial charge >= 0.3 is 0 Å². The minimum absolute atomic E-state index is 0.111. The number of halogens is 3. The van der Waals surface area contributed by atoms with Crippen LogP contribution in [-0.4, -0.2) is 20.3 Å². The number of benzene rings is 1. The Labute approximate surface area is 104 Å². The Kier molecular flexibility index (Phi) is 4.85. The molecular weight excluding hydrogens is 272 g/mol. The van der Waals surface area contributed by atoms with Crippen molar-refractivity contribution in [3.8, 4) is 0 Å². The SMILES string of the molecule is CCC(CCl)NS(=O)(=O)c1ccc(F)c(F)c1. The summed E-state index contributed by atoms with van der Waals surface area (Å²) in [6, 6.07) is 1.97. The minimum Gasteiger partial charge on any atom is -0.207 e. The fourth-order valence-electron chi connectivity index (χ4n) is 1.16. The molecule has 0 radical (unpaired) electrons. The Bertz CT molecular complexity index is 489. The Hall–Kier alpha value is -0.720. The summed E-state index contributed by atoms with van der Waals surface area (Å²) in [7, 11) is -3.86. The van der Waals surface area contributed by atoms with E-state index >= 15 is 0 Å². The molecular formula is C10H12ClF2NO2S. The van der Waals surface area contributed by atoms with E-state index in [1.54, 1.807) is 6.92 Å². The van der Waals surface area contributed by atoms with Gasteiger partial charge in [0.25, 0.3) is 0 Å². The second-order valence-electron chi connectivity index (χ2n) is 3.46. The highest BCUT2D eigenvalue weighted by Gasteiger charge is 2.19. The molecule has 0 saturated carbocycles. The summed E-state index contributed by atoms with van der Waals surface area (Å²) >= 11 is 5.56. The van der Waals surface area contributed by atoms with Crippen molar-refractivity contribution < 1.29 is 17.2 Å². The van der Waals surface area contributed by atoms with Gasteiger partial charge in [0.1, 0.15) is 0 Å². The predicted octanol–water partition coefficient (Wildman–Crippen LogP) is 2.26. The summed E-state index contributed by atoms with van der Waals surface area (Å²) in [6.07, 6.45) is 0.506. The fraction of sp³-hybridized carbons (Fsp3) is 0.400. The number of hydrogen-bond acceptors (Lipinski definition) is 2. The first-order valence-electron chi connectivity index (χ1n) is 4.94. The summed E-state index contributed by atoms with van der Waals surface area (Å²) in [6.45, 7) is 1.76. The lowest BCUT2D eigenvalue weighted by molar-refractivity contribution is 0.503. The largest absolute Gasteiger partial charge is 0.240 e. The van der Waals surface area contributed by atoms with E-state index in [0.717, 1.165) is 12.1 Å². The van der Waals surface area contributed by atoms with Gasteiger partial charge in [0.05, 0.1) is 4.90 Å². The van der Waals surface area contributed by atoms with Gasteiger partial charge in [-0.25, -0.2) is 21.9 Å². The lowest BCUT2D eigenvalue weighted by Crippen LogP contribution is -2.35. The molecule has 0 fully saturated rings. The van der Waals surface area contributed by atoms with Crippen molar-refractivity contribution in [2.75, 3.05) is 5.88 Å². The summed E-state index contributed by atoms with van der Waals surface area (Å²) in [5.41, 5.74) is 0. The van der Waals surface area contributed by atoms with Crippen LogP contribution >= 0.6 is 11.6 Å². The second kappa shape index (κ2) is 5.75. The van der Waals surface area contributed by atoms with Crippen molar-refractivity contribution in [2.45, 2.75) is 24.3 Å². The zero-order valence-electron chi connectivity index (χ0n) is 9.08. The van der Waals surface area contributed by atoms with Crippen LogP contribution in [0.1, 0.15) is 13.3 Å². The highest BCUT2D eigenvalue weighted by molar-refractivity contribution is 7.89. The predicted molar refractivity (Wildman–Crippen MR) is 61.5 cm³/mol. The Morgan fingerprint density at radius 3 is 2.47 bits per heavy atom. The fourth-order valence-corrected chi connectivity index (χ4v) is 2.87. The molecule has 7 heteroatoms. The van der Waals surface area contributed by atoms with Gasteiger partial charge in [-0.2, -0.15) is 0 Å². The molecule has 1 atom stereocenters. The molecule has 0 amide bonds. The maximum Gasteiger partial charge on any atom is 0.240 e. The van der Waals surface area contributed by atoms with Crippen LogP contribution in [-0.2, 0) is 10.0 Å². The molecule has 0 spiro atoms. The van der Waals surface area contributed by atoms with Gasteiger partial charge in [-0.15, -0.1) is 11.6 Å². The molecule has 1 unspecified atom stereocenters. The number of alkyl halides is 1. The van der Waals surface area contributed by atoms with Crippen LogP contribution in [0.25, 0.3) is 0 Å². The average molecular weight is 284 g/mol. The summed E-state index contributed by atoms with van der Waals surface area (Å²) in [5, 5.41) is 0. The van der Waals surface area contributed by atoms with E-state index in [-0.39, 0.29) is 10.8 Å². The average Bonchev–Trinajstić information content (AvgIpc) is 2.29. The Morgan fingerprint density at radius 1 is 1.35 bits per heavy atom. The quantitative estimate of drug-likeness (QED) is 0.843. The lowest BCUT2D eigenvalue weighted by Gasteiger charge is -2.14. The van der Waals surface area contributed by atoms with Gasteiger partial charge in [-0.1, -0.05) is 6.92 Å². The van der Waals surface area contributed by atoms with Crippen LogP contribution in [0, 0.1) is 11.6 Å². The van der Waals surface area contributed by atoms with Gasteiger partial charge in [-0.3, -0.25) is 0 Å². The molecule has 1 rings (SSSR count). The van der Waals surface area contributed by atoms with Crippen molar-refractivity contribution in [1.82, 2.24) is 4.72 Å². The van der Waals surface area contributed by atoms with Crippen molar-refractivity contribution in [2.24, 2.45) is 0 Å². The summed E-state index contributed by atoms with van der Waals surface area (Å²) in [4.78, 5) is -0.319. The van der Waals surface area contributed by atoms with E-state index in [9.17, 15) is 17.2 Å². The second-order valence-corrected chi connectivity index (χ2v) is 5.48. The van der Waals surface area contributed by atoms with Crippen molar-refractivity contribution >= 4 is 21.6 Å². The highest BCUT2D eigenvalue weighted by Crippen LogP contribution is 2.14. The van der Waals surface area contributed by atoms with Gasteiger partial charge in [-0.05, 0) is 24.6 Å². The van der Waals surface area contributed by atoms with Gasteiger partial charge in [0, 0.05) is 11.9 Å². The van der Waals surface area contributed by atoms with Gasteiger partial charge < -0.3 is 0 Å². The zero-order valence-corrected chi connectivity index (χ0v) is 10.7. The van der Waals surface area contributed by atoms with Crippen molar-refractivity contribution in [3.63, 3.8) is 0 Å². The number of nitrogens with one attached hydrogen (secondary N) is 1. The molecule has 1 aromatic rings. The molecule has 3 nitrogen and oxygen atoms in total. The van der Waals surface area contributed by atoms with E-state index < -0.39 is 27.7 Å². The monoisotopic (exact) mass is 283 g/mol. The number of sulfonamides is 1. The topological polar surface area (TPSA) is 46.2 Å². The van der Waals surface area contributed by atoms with Crippen LogP contribution in [0.4, 0.5) is 8.78 Å². The normalized spacial score (nSPS) is 13.6. The first-order valence-corrected chi connectivity index (χ1v) is 6.95. The minimum atomic E-state index is -3.86. The van der Waals surface area contributed by atoms with Crippen molar-refractivity contribution in [3.05, 3.63) is 29.8 Å². The standard InChI is InChI=1S/C10H12ClF2NO2S/c1-2-7(6-11)14-17(15,16)8-3-4-9(12)10(13)5-8/h3-5,7,14H,2,6H2,1H3. The van der Waals surface area contributed by atoms with E-state index in [4.69, 9.17) is 11.6 Å². The maximum absolute atomic E-state index is 12.9. The van der Waals surface area contributed by atoms with Crippen LogP contribution < -0.4 is 4.72 Å². The molecule has 0 aliphatic rings. The molecule has 17 heavy (non-hydrogen) atoms. The molecule has 0 heterocycles. The molecule has 0 aromatic heterocycles. The molecule has 0 bridgehead atoms. The first-order chi connectivity index (χ1) is 7.90. The number of hydrogen-bond donors (Lipinski definition) is 1. The third-order valence-electron chi connectivity index (χ3n) is 2.20. The van der Waals surface area contributed by atoms with Crippen LogP contribution in [0.2, 0.25) is 0 Å². The highest BCUT2D eigenvalue weighted by atomic mass is 35.5. The zero-order chi connectivity index (χ0) is 13.1. The molecule has 0 aliphatic heterocycles. The summed E-state index contributed by atoms with van der Waals surface area (Å²) < 4.78 is 51.4. The van der Waals surface area contributed by atoms with E-state index in [1.807, 2.05) is 0 Å². The third-order valence-corrected chi connectivity index (χ3v) is 4.09. The Morgan fingerprint density at radius 2 is 2.00 bits per heavy atom. The van der Waals surface area contributed by atoms with Crippen LogP contribution in [0.15, 0.2) is 23.1 Å². The van der Waals surface area contributed by atoms with E-state index in [1.165, 1.54) is 0 Å².